The van der Waals surface area contributed by atoms with Crippen LogP contribution in [0.5, 0.6) is 0 Å². The van der Waals surface area contributed by atoms with Crippen LogP contribution >= 0.6 is 11.8 Å². The summed E-state index contributed by atoms with van der Waals surface area (Å²) in [5, 5.41) is 3.84. The molecule has 1 saturated heterocycles. The Morgan fingerprint density at radius 1 is 1.54 bits per heavy atom. The predicted octanol–water partition coefficient (Wildman–Crippen LogP) is 2.20. The highest BCUT2D eigenvalue weighted by Gasteiger charge is 2.32. The molecule has 1 unspecified atom stereocenters. The molecule has 0 aromatic carbocycles. The first-order chi connectivity index (χ1) is 6.17. The van der Waals surface area contributed by atoms with Gasteiger partial charge < -0.3 is 0 Å². The third kappa shape index (κ3) is 2.03. The minimum absolute atomic E-state index is 0.336. The molecule has 2 heterocycles. The second-order valence-electron chi connectivity index (χ2n) is 3.89. The van der Waals surface area contributed by atoms with Gasteiger partial charge in [-0.15, -0.1) is 11.8 Å². The molecule has 3 heteroatoms. The number of nitrogens with one attached hydrogen (secondary N) is 1. The summed E-state index contributed by atoms with van der Waals surface area (Å²) in [5.41, 5.74) is 1.14. The minimum atomic E-state index is 0.336. The van der Waals surface area contributed by atoms with Gasteiger partial charge in [-0.2, -0.15) is 0 Å². The molecule has 1 aromatic heterocycles. The normalized spacial score (nSPS) is 26.2. The molecule has 0 saturated carbocycles. The van der Waals surface area contributed by atoms with Crippen molar-refractivity contribution in [3.8, 4) is 0 Å². The number of nitrogens with zero attached hydrogens (tertiary/aromatic N) is 1. The molecule has 2 rings (SSSR count). The average Bonchev–Trinajstić information content (AvgIpc) is 2.48. The van der Waals surface area contributed by atoms with E-state index in [1.165, 1.54) is 0 Å². The molecule has 0 spiro atoms. The van der Waals surface area contributed by atoms with Crippen LogP contribution in [-0.4, -0.2) is 16.3 Å². The largest absolute Gasteiger partial charge is 0.299 e. The van der Waals surface area contributed by atoms with Gasteiger partial charge in [0.15, 0.2) is 0 Å². The SMILES string of the molecule is CC1(C)CNC(c2ccccn2)S1. The Hall–Kier alpha value is -0.540. The van der Waals surface area contributed by atoms with E-state index in [1.54, 1.807) is 0 Å². The van der Waals surface area contributed by atoms with E-state index in [2.05, 4.69) is 30.2 Å². The van der Waals surface area contributed by atoms with Crippen LogP contribution in [0.4, 0.5) is 0 Å². The van der Waals surface area contributed by atoms with Crippen LogP contribution in [0.1, 0.15) is 24.9 Å². The third-order valence-electron chi connectivity index (χ3n) is 2.11. The number of thioether (sulfide) groups is 1. The molecular weight excluding hydrogens is 180 g/mol. The fraction of sp³-hybridized carbons (Fsp3) is 0.500. The Balaban J connectivity index is 2.13. The highest BCUT2D eigenvalue weighted by Crippen LogP contribution is 2.40. The predicted molar refractivity (Wildman–Crippen MR) is 56.7 cm³/mol. The van der Waals surface area contributed by atoms with Crippen molar-refractivity contribution in [1.29, 1.82) is 0 Å². The van der Waals surface area contributed by atoms with E-state index in [0.29, 0.717) is 10.1 Å². The molecule has 13 heavy (non-hydrogen) atoms. The number of hydrogen-bond acceptors (Lipinski definition) is 3. The average molecular weight is 194 g/mol. The van der Waals surface area contributed by atoms with Crippen molar-refractivity contribution in [2.45, 2.75) is 24.0 Å². The summed E-state index contributed by atoms with van der Waals surface area (Å²) in [7, 11) is 0. The summed E-state index contributed by atoms with van der Waals surface area (Å²) < 4.78 is 0.336. The standard InChI is InChI=1S/C10H14N2S/c1-10(2)7-12-9(13-10)8-5-3-4-6-11-8/h3-6,9,12H,7H2,1-2H3. The molecule has 70 valence electrons. The van der Waals surface area contributed by atoms with Crippen molar-refractivity contribution in [2.24, 2.45) is 0 Å². The molecule has 1 fully saturated rings. The minimum Gasteiger partial charge on any atom is -0.299 e. The lowest BCUT2D eigenvalue weighted by Gasteiger charge is -2.14. The fourth-order valence-electron chi connectivity index (χ4n) is 1.44. The lowest BCUT2D eigenvalue weighted by Crippen LogP contribution is -2.21. The van der Waals surface area contributed by atoms with Crippen molar-refractivity contribution >= 4 is 11.8 Å². The van der Waals surface area contributed by atoms with Crippen molar-refractivity contribution in [3.63, 3.8) is 0 Å². The Morgan fingerprint density at radius 2 is 2.38 bits per heavy atom. The van der Waals surface area contributed by atoms with Gasteiger partial charge in [-0.1, -0.05) is 6.07 Å². The first-order valence-electron chi connectivity index (χ1n) is 4.49. The van der Waals surface area contributed by atoms with Crippen LogP contribution < -0.4 is 5.32 Å². The van der Waals surface area contributed by atoms with Gasteiger partial charge in [0.2, 0.25) is 0 Å². The van der Waals surface area contributed by atoms with Crippen LogP contribution in [0.2, 0.25) is 0 Å². The van der Waals surface area contributed by atoms with Gasteiger partial charge in [-0.3, -0.25) is 10.3 Å². The Bertz CT molecular complexity index is 284. The quantitative estimate of drug-likeness (QED) is 0.742. The molecular formula is C10H14N2S. The number of hydrogen-bond donors (Lipinski definition) is 1. The highest BCUT2D eigenvalue weighted by molar-refractivity contribution is 8.01. The van der Waals surface area contributed by atoms with Gasteiger partial charge in [0.1, 0.15) is 0 Å². The highest BCUT2D eigenvalue weighted by atomic mass is 32.2. The summed E-state index contributed by atoms with van der Waals surface area (Å²) in [6.45, 7) is 5.57. The van der Waals surface area contributed by atoms with Gasteiger partial charge in [0.05, 0.1) is 11.1 Å². The van der Waals surface area contributed by atoms with Crippen molar-refractivity contribution < 1.29 is 0 Å². The fourth-order valence-corrected chi connectivity index (χ4v) is 2.67. The molecule has 1 atom stereocenters. The van der Waals surface area contributed by atoms with Crippen LogP contribution in [-0.2, 0) is 0 Å². The van der Waals surface area contributed by atoms with Crippen LogP contribution in [0, 0.1) is 0 Å². The van der Waals surface area contributed by atoms with Gasteiger partial charge in [0.25, 0.3) is 0 Å². The zero-order chi connectivity index (χ0) is 9.31. The topological polar surface area (TPSA) is 24.9 Å². The van der Waals surface area contributed by atoms with Gasteiger partial charge in [0, 0.05) is 17.5 Å². The number of aromatic nitrogens is 1. The summed E-state index contributed by atoms with van der Waals surface area (Å²) in [5.74, 6) is 0. The van der Waals surface area contributed by atoms with Crippen molar-refractivity contribution in [2.75, 3.05) is 6.54 Å². The Kier molecular flexibility index (Phi) is 2.30. The van der Waals surface area contributed by atoms with Crippen molar-refractivity contribution in [3.05, 3.63) is 30.1 Å². The van der Waals surface area contributed by atoms with E-state index in [0.717, 1.165) is 12.2 Å². The smallest absolute Gasteiger partial charge is 0.0968 e. The molecule has 1 aromatic rings. The number of rotatable bonds is 1. The first kappa shape index (κ1) is 9.03. The molecule has 2 nitrogen and oxygen atoms in total. The summed E-state index contributed by atoms with van der Waals surface area (Å²) in [4.78, 5) is 4.34. The van der Waals surface area contributed by atoms with E-state index in [4.69, 9.17) is 0 Å². The zero-order valence-corrected chi connectivity index (χ0v) is 8.77. The van der Waals surface area contributed by atoms with E-state index >= 15 is 0 Å². The van der Waals surface area contributed by atoms with E-state index < -0.39 is 0 Å². The first-order valence-corrected chi connectivity index (χ1v) is 5.37. The van der Waals surface area contributed by atoms with Crippen LogP contribution in [0.15, 0.2) is 24.4 Å². The van der Waals surface area contributed by atoms with Crippen LogP contribution in [0.25, 0.3) is 0 Å². The van der Waals surface area contributed by atoms with E-state index in [1.807, 2.05) is 30.1 Å². The van der Waals surface area contributed by atoms with Gasteiger partial charge in [-0.25, -0.2) is 0 Å². The maximum absolute atomic E-state index is 4.34. The molecule has 1 aliphatic rings. The summed E-state index contributed by atoms with van der Waals surface area (Å²) in [6.07, 6.45) is 1.85. The summed E-state index contributed by atoms with van der Waals surface area (Å²) in [6, 6.07) is 6.07. The monoisotopic (exact) mass is 194 g/mol. The van der Waals surface area contributed by atoms with E-state index in [9.17, 15) is 0 Å². The summed E-state index contributed by atoms with van der Waals surface area (Å²) >= 11 is 1.95. The molecule has 0 radical (unpaired) electrons. The lowest BCUT2D eigenvalue weighted by molar-refractivity contribution is 0.629. The van der Waals surface area contributed by atoms with Gasteiger partial charge >= 0.3 is 0 Å². The molecule has 1 aliphatic heterocycles. The van der Waals surface area contributed by atoms with Gasteiger partial charge in [-0.05, 0) is 26.0 Å². The second kappa shape index (κ2) is 3.31. The molecule has 0 aliphatic carbocycles. The Labute approximate surface area is 83.1 Å². The van der Waals surface area contributed by atoms with E-state index in [-0.39, 0.29) is 0 Å². The lowest BCUT2D eigenvalue weighted by atomic mass is 10.2. The zero-order valence-electron chi connectivity index (χ0n) is 7.95. The molecule has 1 N–H and O–H groups in total. The molecule has 0 bridgehead atoms. The maximum atomic E-state index is 4.34. The maximum Gasteiger partial charge on any atom is 0.0968 e. The second-order valence-corrected chi connectivity index (χ2v) is 5.71. The molecule has 0 amide bonds. The third-order valence-corrected chi connectivity index (χ3v) is 3.53. The number of pyridine rings is 1. The van der Waals surface area contributed by atoms with Crippen LogP contribution in [0.3, 0.4) is 0 Å². The van der Waals surface area contributed by atoms with Crippen molar-refractivity contribution in [1.82, 2.24) is 10.3 Å². The Morgan fingerprint density at radius 3 is 2.92 bits per heavy atom.